The molecule has 1 aromatic heterocycles. The number of amides is 3. The lowest BCUT2D eigenvalue weighted by molar-refractivity contribution is -0.122. The predicted octanol–water partition coefficient (Wildman–Crippen LogP) is 1.60. The summed E-state index contributed by atoms with van der Waals surface area (Å²) in [7, 11) is 3.01. The summed E-state index contributed by atoms with van der Waals surface area (Å²) in [4.78, 5) is 50.1. The van der Waals surface area contributed by atoms with Gasteiger partial charge in [0.25, 0.3) is 11.5 Å². The number of carbonyl (C=O) groups is 3. The monoisotopic (exact) mass is 422 g/mol. The Balaban J connectivity index is 2.03. The number of pyridine rings is 1. The molecule has 0 unspecified atom stereocenters. The maximum atomic E-state index is 13.0. The van der Waals surface area contributed by atoms with Crippen molar-refractivity contribution in [3.8, 4) is 5.75 Å². The van der Waals surface area contributed by atoms with E-state index in [0.29, 0.717) is 16.9 Å². The van der Waals surface area contributed by atoms with Crippen molar-refractivity contribution in [1.82, 2.24) is 9.88 Å². The number of anilines is 2. The van der Waals surface area contributed by atoms with E-state index in [9.17, 15) is 24.3 Å². The highest BCUT2D eigenvalue weighted by molar-refractivity contribution is 6.10. The van der Waals surface area contributed by atoms with Crippen molar-refractivity contribution in [2.24, 2.45) is 7.05 Å². The summed E-state index contributed by atoms with van der Waals surface area (Å²) in [6.07, 6.45) is 0. The summed E-state index contributed by atoms with van der Waals surface area (Å²) in [5.41, 5.74) is 0.282. The average molecular weight is 422 g/mol. The van der Waals surface area contributed by atoms with Gasteiger partial charge in [0.1, 0.15) is 11.3 Å². The largest absolute Gasteiger partial charge is 0.506 e. The molecule has 9 heteroatoms. The van der Waals surface area contributed by atoms with Crippen LogP contribution in [0.25, 0.3) is 10.9 Å². The molecule has 1 heterocycles. The van der Waals surface area contributed by atoms with Gasteiger partial charge in [-0.25, -0.2) is 0 Å². The molecule has 3 aromatic rings. The minimum absolute atomic E-state index is 0.210. The summed E-state index contributed by atoms with van der Waals surface area (Å²) in [6.45, 7) is 1.09. The SMILES string of the molecule is CC(=O)NCC(=O)Nc1ccc2c(c1)c(O)c(C(=O)N(C)c1ccccc1)c(=O)n2C. The van der Waals surface area contributed by atoms with E-state index in [1.54, 1.807) is 42.5 Å². The second kappa shape index (κ2) is 8.70. The number of fused-ring (bicyclic) bond motifs is 1. The van der Waals surface area contributed by atoms with Crippen LogP contribution >= 0.6 is 0 Å². The van der Waals surface area contributed by atoms with Gasteiger partial charge >= 0.3 is 0 Å². The first-order valence-corrected chi connectivity index (χ1v) is 9.43. The first kappa shape index (κ1) is 21.6. The van der Waals surface area contributed by atoms with Crippen LogP contribution < -0.4 is 21.1 Å². The van der Waals surface area contributed by atoms with Crippen LogP contribution in [-0.4, -0.2) is 41.0 Å². The van der Waals surface area contributed by atoms with Crippen molar-refractivity contribution in [2.75, 3.05) is 23.8 Å². The smallest absolute Gasteiger partial charge is 0.267 e. The Bertz CT molecular complexity index is 1230. The molecule has 3 amide bonds. The minimum Gasteiger partial charge on any atom is -0.506 e. The van der Waals surface area contributed by atoms with Crippen LogP contribution in [0.2, 0.25) is 0 Å². The Hall–Kier alpha value is -4.14. The van der Waals surface area contributed by atoms with E-state index in [1.165, 1.54) is 36.6 Å². The number of hydrogen-bond donors (Lipinski definition) is 3. The molecule has 0 atom stereocenters. The maximum absolute atomic E-state index is 13.0. The Morgan fingerprint density at radius 1 is 1.10 bits per heavy atom. The van der Waals surface area contributed by atoms with Crippen LogP contribution in [0.4, 0.5) is 11.4 Å². The highest BCUT2D eigenvalue weighted by Crippen LogP contribution is 2.30. The lowest BCUT2D eigenvalue weighted by Gasteiger charge is -2.19. The van der Waals surface area contributed by atoms with Crippen LogP contribution in [0.1, 0.15) is 17.3 Å². The molecule has 0 fully saturated rings. The number of carbonyl (C=O) groups excluding carboxylic acids is 3. The summed E-state index contributed by atoms with van der Waals surface area (Å²) in [5, 5.41) is 16.0. The number of aromatic hydroxyl groups is 1. The number of hydrogen-bond acceptors (Lipinski definition) is 5. The number of nitrogens with zero attached hydrogens (tertiary/aromatic N) is 2. The van der Waals surface area contributed by atoms with E-state index in [4.69, 9.17) is 0 Å². The van der Waals surface area contributed by atoms with E-state index in [1.807, 2.05) is 0 Å². The predicted molar refractivity (Wildman–Crippen MR) is 117 cm³/mol. The van der Waals surface area contributed by atoms with Crippen LogP contribution in [0, 0.1) is 0 Å². The van der Waals surface area contributed by atoms with Crippen molar-refractivity contribution >= 4 is 40.0 Å². The minimum atomic E-state index is -0.661. The van der Waals surface area contributed by atoms with E-state index in [0.717, 1.165) is 0 Å². The van der Waals surface area contributed by atoms with Gasteiger partial charge in [0.15, 0.2) is 0 Å². The van der Waals surface area contributed by atoms with Crippen molar-refractivity contribution < 1.29 is 19.5 Å². The summed E-state index contributed by atoms with van der Waals surface area (Å²) < 4.78 is 1.27. The zero-order valence-corrected chi connectivity index (χ0v) is 17.3. The molecule has 0 radical (unpaired) electrons. The fourth-order valence-electron chi connectivity index (χ4n) is 3.15. The average Bonchev–Trinajstić information content (AvgIpc) is 2.76. The van der Waals surface area contributed by atoms with Gasteiger partial charge in [0.05, 0.1) is 12.1 Å². The molecule has 0 spiro atoms. The van der Waals surface area contributed by atoms with Gasteiger partial charge in [-0.05, 0) is 30.3 Å². The Morgan fingerprint density at radius 3 is 2.42 bits per heavy atom. The first-order chi connectivity index (χ1) is 14.7. The van der Waals surface area contributed by atoms with Crippen molar-refractivity contribution in [3.63, 3.8) is 0 Å². The standard InChI is InChI=1S/C22H22N4O5/c1-13(27)23-12-18(28)24-14-9-10-17-16(11-14)20(29)19(22(31)26(17)3)21(30)25(2)15-7-5-4-6-8-15/h4-11,29H,12H2,1-3H3,(H,23,27)(H,24,28). The number of nitrogens with one attached hydrogen (secondary N) is 2. The maximum Gasteiger partial charge on any atom is 0.267 e. The number of rotatable bonds is 5. The summed E-state index contributed by atoms with van der Waals surface area (Å²) >= 11 is 0. The Kier molecular flexibility index (Phi) is 6.05. The number of benzene rings is 2. The molecule has 0 aliphatic carbocycles. The van der Waals surface area contributed by atoms with Crippen molar-refractivity contribution in [2.45, 2.75) is 6.92 Å². The number of para-hydroxylation sites is 1. The molecular formula is C22H22N4O5. The van der Waals surface area contributed by atoms with E-state index < -0.39 is 23.1 Å². The van der Waals surface area contributed by atoms with Crippen LogP contribution in [-0.2, 0) is 16.6 Å². The molecule has 160 valence electrons. The van der Waals surface area contributed by atoms with E-state index >= 15 is 0 Å². The van der Waals surface area contributed by atoms with E-state index in [-0.39, 0.29) is 23.4 Å². The van der Waals surface area contributed by atoms with Crippen LogP contribution in [0.3, 0.4) is 0 Å². The highest BCUT2D eigenvalue weighted by atomic mass is 16.3. The van der Waals surface area contributed by atoms with E-state index in [2.05, 4.69) is 10.6 Å². The third-order valence-electron chi connectivity index (χ3n) is 4.81. The van der Waals surface area contributed by atoms with Gasteiger partial charge in [-0.3, -0.25) is 19.2 Å². The molecule has 3 N–H and O–H groups in total. The molecule has 9 nitrogen and oxygen atoms in total. The van der Waals surface area contributed by atoms with Crippen LogP contribution in [0.5, 0.6) is 5.75 Å². The molecule has 0 bridgehead atoms. The summed E-state index contributed by atoms with van der Waals surface area (Å²) in [5.74, 6) is -1.93. The highest BCUT2D eigenvalue weighted by Gasteiger charge is 2.25. The molecule has 0 saturated carbocycles. The quantitative estimate of drug-likeness (QED) is 0.577. The summed E-state index contributed by atoms with van der Waals surface area (Å²) in [6, 6.07) is 13.3. The Labute approximate surface area is 177 Å². The van der Waals surface area contributed by atoms with Gasteiger partial charge in [-0.15, -0.1) is 0 Å². The fourth-order valence-corrected chi connectivity index (χ4v) is 3.15. The molecule has 3 rings (SSSR count). The molecule has 0 aliphatic rings. The first-order valence-electron chi connectivity index (χ1n) is 9.43. The van der Waals surface area contributed by atoms with Gasteiger partial charge in [0, 0.05) is 37.8 Å². The lowest BCUT2D eigenvalue weighted by atomic mass is 10.1. The third-order valence-corrected chi connectivity index (χ3v) is 4.81. The number of aromatic nitrogens is 1. The Morgan fingerprint density at radius 2 is 1.77 bits per heavy atom. The number of aryl methyl sites for hydroxylation is 1. The zero-order valence-electron chi connectivity index (χ0n) is 17.3. The molecule has 0 aliphatic heterocycles. The third kappa shape index (κ3) is 4.40. The van der Waals surface area contributed by atoms with Gasteiger partial charge in [-0.1, -0.05) is 18.2 Å². The molecular weight excluding hydrogens is 400 g/mol. The topological polar surface area (TPSA) is 121 Å². The lowest BCUT2D eigenvalue weighted by Crippen LogP contribution is -2.34. The van der Waals surface area contributed by atoms with Gasteiger partial charge < -0.3 is 25.2 Å². The molecule has 2 aromatic carbocycles. The molecule has 0 saturated heterocycles. The second-order valence-electron chi connectivity index (χ2n) is 6.98. The van der Waals surface area contributed by atoms with Gasteiger partial charge in [0.2, 0.25) is 11.8 Å². The van der Waals surface area contributed by atoms with Crippen molar-refractivity contribution in [1.29, 1.82) is 0 Å². The fraction of sp³-hybridized carbons (Fsp3) is 0.182. The van der Waals surface area contributed by atoms with Gasteiger partial charge in [-0.2, -0.15) is 0 Å². The normalized spacial score (nSPS) is 10.5. The van der Waals surface area contributed by atoms with Crippen molar-refractivity contribution in [3.05, 3.63) is 64.4 Å². The second-order valence-corrected chi connectivity index (χ2v) is 6.98. The van der Waals surface area contributed by atoms with Crippen LogP contribution in [0.15, 0.2) is 53.3 Å². The zero-order chi connectivity index (χ0) is 22.7. The molecule has 31 heavy (non-hydrogen) atoms.